The molecular weight excluding hydrogens is 449 g/mol. The molecule has 0 saturated carbocycles. The van der Waals surface area contributed by atoms with E-state index in [1.807, 2.05) is 31.7 Å². The van der Waals surface area contributed by atoms with Gasteiger partial charge in [-0.3, -0.25) is 4.79 Å². The van der Waals surface area contributed by atoms with Crippen LogP contribution in [-0.2, 0) is 9.47 Å². The number of carbonyl (C=O) groups is 1. The summed E-state index contributed by atoms with van der Waals surface area (Å²) in [7, 11) is 1.58. The van der Waals surface area contributed by atoms with Crippen molar-refractivity contribution in [1.29, 1.82) is 0 Å². The second-order valence-corrected chi connectivity index (χ2v) is 9.69. The molecule has 2 fully saturated rings. The highest BCUT2D eigenvalue weighted by Crippen LogP contribution is 2.44. The molecule has 2 aromatic carbocycles. The van der Waals surface area contributed by atoms with E-state index in [1.165, 1.54) is 6.07 Å². The first-order valence-corrected chi connectivity index (χ1v) is 12.5. The molecule has 35 heavy (non-hydrogen) atoms. The molecule has 0 radical (unpaired) electrons. The molecule has 2 aromatic rings. The number of piperidine rings is 1. The third kappa shape index (κ3) is 5.96. The Bertz CT molecular complexity index is 1020. The van der Waals surface area contributed by atoms with Crippen LogP contribution in [0.4, 0.5) is 4.39 Å². The number of benzene rings is 2. The number of halogens is 1. The van der Waals surface area contributed by atoms with E-state index in [2.05, 4.69) is 0 Å². The Morgan fingerprint density at radius 3 is 2.60 bits per heavy atom. The fourth-order valence-corrected chi connectivity index (χ4v) is 5.18. The molecule has 0 N–H and O–H groups in total. The first-order chi connectivity index (χ1) is 16.8. The van der Waals surface area contributed by atoms with E-state index in [4.69, 9.17) is 18.9 Å². The topological polar surface area (TPSA) is 57.2 Å². The van der Waals surface area contributed by atoms with Gasteiger partial charge < -0.3 is 23.8 Å². The Balaban J connectivity index is 1.46. The van der Waals surface area contributed by atoms with Gasteiger partial charge in [0.05, 0.1) is 31.0 Å². The molecule has 0 aromatic heterocycles. The number of likely N-dealkylation sites (tertiary alicyclic amines) is 1. The number of amides is 1. The normalized spacial score (nSPS) is 21.8. The van der Waals surface area contributed by atoms with Crippen LogP contribution in [0.2, 0.25) is 0 Å². The number of carbonyl (C=O) groups excluding carboxylic acids is 1. The maximum atomic E-state index is 13.9. The second kappa shape index (κ2) is 11.0. The van der Waals surface area contributed by atoms with Crippen LogP contribution < -0.4 is 9.47 Å². The Hall–Kier alpha value is -2.64. The summed E-state index contributed by atoms with van der Waals surface area (Å²) in [4.78, 5) is 15.2. The van der Waals surface area contributed by atoms with Crippen molar-refractivity contribution in [3.8, 4) is 11.5 Å². The van der Waals surface area contributed by atoms with Gasteiger partial charge in [-0.1, -0.05) is 12.1 Å². The van der Waals surface area contributed by atoms with Gasteiger partial charge in [-0.15, -0.1) is 0 Å². The average Bonchev–Trinajstić information content (AvgIpc) is 2.84. The molecular formula is C28H36FNO5. The molecule has 6 nitrogen and oxygen atoms in total. The Morgan fingerprint density at radius 2 is 1.94 bits per heavy atom. The summed E-state index contributed by atoms with van der Waals surface area (Å²) in [5, 5.41) is 0. The summed E-state index contributed by atoms with van der Waals surface area (Å²) in [6.45, 7) is 7.68. The lowest BCUT2D eigenvalue weighted by atomic mass is 9.80. The molecule has 2 saturated heterocycles. The van der Waals surface area contributed by atoms with Crippen LogP contribution >= 0.6 is 0 Å². The molecule has 2 heterocycles. The third-order valence-corrected chi connectivity index (χ3v) is 6.83. The fourth-order valence-electron chi connectivity index (χ4n) is 5.18. The van der Waals surface area contributed by atoms with E-state index in [0.29, 0.717) is 56.0 Å². The van der Waals surface area contributed by atoms with Gasteiger partial charge in [0.15, 0.2) is 11.5 Å². The predicted molar refractivity (Wildman–Crippen MR) is 132 cm³/mol. The van der Waals surface area contributed by atoms with Gasteiger partial charge in [-0.25, -0.2) is 4.39 Å². The molecule has 4 rings (SSSR count). The van der Waals surface area contributed by atoms with Gasteiger partial charge in [0.2, 0.25) is 0 Å². The van der Waals surface area contributed by atoms with Crippen molar-refractivity contribution < 1.29 is 28.1 Å². The summed E-state index contributed by atoms with van der Waals surface area (Å²) in [6, 6.07) is 11.9. The molecule has 0 aliphatic carbocycles. The first kappa shape index (κ1) is 25.5. The Kier molecular flexibility index (Phi) is 7.97. The standard InChI is InChI=1S/C28H36FNO5/c1-5-33-23-17-25(20-7-6-8-22(29)15-20)35-28(18-23)11-13-30(14-12-28)27(31)21-9-10-24(34-19(2)3)26(16-21)32-4/h6-10,15-16,19,23,25H,5,11-14,17-18H2,1-4H3. The maximum Gasteiger partial charge on any atom is 0.253 e. The summed E-state index contributed by atoms with van der Waals surface area (Å²) in [5.41, 5.74) is 1.02. The van der Waals surface area contributed by atoms with E-state index < -0.39 is 5.60 Å². The fraction of sp³-hybridized carbons (Fsp3) is 0.536. The first-order valence-electron chi connectivity index (χ1n) is 12.5. The minimum atomic E-state index is -0.390. The van der Waals surface area contributed by atoms with Crippen molar-refractivity contribution in [1.82, 2.24) is 4.90 Å². The molecule has 0 bridgehead atoms. The number of nitrogens with zero attached hydrogens (tertiary/aromatic N) is 1. The molecule has 2 aliphatic rings. The van der Waals surface area contributed by atoms with Crippen molar-refractivity contribution in [3.05, 3.63) is 59.4 Å². The number of ether oxygens (including phenoxy) is 4. The molecule has 2 atom stereocenters. The Morgan fingerprint density at radius 1 is 1.17 bits per heavy atom. The van der Waals surface area contributed by atoms with E-state index in [-0.39, 0.29) is 30.0 Å². The van der Waals surface area contributed by atoms with Crippen LogP contribution in [0, 0.1) is 5.82 Å². The summed E-state index contributed by atoms with van der Waals surface area (Å²) in [6.07, 6.45) is 2.73. The van der Waals surface area contributed by atoms with Gasteiger partial charge in [0.1, 0.15) is 5.82 Å². The Labute approximate surface area is 207 Å². The van der Waals surface area contributed by atoms with Crippen LogP contribution in [0.5, 0.6) is 11.5 Å². The van der Waals surface area contributed by atoms with Gasteiger partial charge in [-0.05, 0) is 69.5 Å². The minimum absolute atomic E-state index is 0.0101. The predicted octanol–water partition coefficient (Wildman–Crippen LogP) is 5.55. The van der Waals surface area contributed by atoms with Crippen molar-refractivity contribution in [2.45, 2.75) is 70.4 Å². The number of hydrogen-bond acceptors (Lipinski definition) is 5. The zero-order valence-corrected chi connectivity index (χ0v) is 21.1. The number of methoxy groups -OCH3 is 1. The summed E-state index contributed by atoms with van der Waals surface area (Å²) < 4.78 is 37.8. The highest BCUT2D eigenvalue weighted by Gasteiger charge is 2.45. The molecule has 1 amide bonds. The zero-order valence-electron chi connectivity index (χ0n) is 21.1. The highest BCUT2D eigenvalue weighted by molar-refractivity contribution is 5.95. The lowest BCUT2D eigenvalue weighted by molar-refractivity contribution is -0.190. The smallest absolute Gasteiger partial charge is 0.253 e. The van der Waals surface area contributed by atoms with Crippen LogP contribution in [0.15, 0.2) is 42.5 Å². The van der Waals surface area contributed by atoms with E-state index in [9.17, 15) is 9.18 Å². The highest BCUT2D eigenvalue weighted by atomic mass is 19.1. The molecule has 2 unspecified atom stereocenters. The third-order valence-electron chi connectivity index (χ3n) is 6.83. The molecule has 7 heteroatoms. The molecule has 1 spiro atoms. The van der Waals surface area contributed by atoms with E-state index >= 15 is 0 Å². The lowest BCUT2D eigenvalue weighted by Crippen LogP contribution is -2.52. The van der Waals surface area contributed by atoms with E-state index in [0.717, 1.165) is 12.0 Å². The summed E-state index contributed by atoms with van der Waals surface area (Å²) >= 11 is 0. The largest absolute Gasteiger partial charge is 0.493 e. The molecule has 190 valence electrons. The van der Waals surface area contributed by atoms with E-state index in [1.54, 1.807) is 37.4 Å². The van der Waals surface area contributed by atoms with Crippen LogP contribution in [0.1, 0.15) is 68.5 Å². The van der Waals surface area contributed by atoms with Crippen LogP contribution in [0.25, 0.3) is 0 Å². The zero-order chi connectivity index (χ0) is 25.0. The van der Waals surface area contributed by atoms with Gasteiger partial charge in [-0.2, -0.15) is 0 Å². The maximum absolute atomic E-state index is 13.9. The average molecular weight is 486 g/mol. The van der Waals surface area contributed by atoms with Crippen molar-refractivity contribution in [3.63, 3.8) is 0 Å². The summed E-state index contributed by atoms with van der Waals surface area (Å²) in [5.74, 6) is 0.871. The van der Waals surface area contributed by atoms with Crippen LogP contribution in [-0.4, -0.2) is 55.4 Å². The van der Waals surface area contributed by atoms with Crippen LogP contribution in [0.3, 0.4) is 0 Å². The lowest BCUT2D eigenvalue weighted by Gasteiger charge is -2.48. The SMILES string of the molecule is CCOC1CC(c2cccc(F)c2)OC2(CCN(C(=O)c3ccc(OC(C)C)c(OC)c3)CC2)C1. The quantitative estimate of drug-likeness (QED) is 0.514. The van der Waals surface area contributed by atoms with Crippen molar-refractivity contribution in [2.75, 3.05) is 26.8 Å². The van der Waals surface area contributed by atoms with Gasteiger partial charge in [0.25, 0.3) is 5.91 Å². The minimum Gasteiger partial charge on any atom is -0.493 e. The monoisotopic (exact) mass is 485 g/mol. The number of hydrogen-bond donors (Lipinski definition) is 0. The number of rotatable bonds is 7. The van der Waals surface area contributed by atoms with Crippen molar-refractivity contribution >= 4 is 5.91 Å². The van der Waals surface area contributed by atoms with Gasteiger partial charge in [0, 0.05) is 38.1 Å². The molecule has 2 aliphatic heterocycles. The van der Waals surface area contributed by atoms with Gasteiger partial charge >= 0.3 is 0 Å². The second-order valence-electron chi connectivity index (χ2n) is 9.69. The van der Waals surface area contributed by atoms with Crippen molar-refractivity contribution in [2.24, 2.45) is 0 Å².